The molecule has 0 spiro atoms. The minimum absolute atomic E-state index is 0.0998. The summed E-state index contributed by atoms with van der Waals surface area (Å²) in [4.78, 5) is 30.2. The van der Waals surface area contributed by atoms with Gasteiger partial charge < -0.3 is 15.1 Å². The van der Waals surface area contributed by atoms with Crippen molar-refractivity contribution in [1.82, 2.24) is 10.2 Å². The highest BCUT2D eigenvalue weighted by Gasteiger charge is 2.28. The number of nitrogens with one attached hydrogen (secondary N) is 1. The topological polar surface area (TPSA) is 52.7 Å². The van der Waals surface area contributed by atoms with Gasteiger partial charge in [-0.1, -0.05) is 55.1 Å². The highest BCUT2D eigenvalue weighted by atomic mass is 35.5. The molecule has 170 valence electrons. The van der Waals surface area contributed by atoms with Gasteiger partial charge in [-0.15, -0.1) is 0 Å². The molecule has 2 aliphatic rings. The van der Waals surface area contributed by atoms with Crippen LogP contribution in [-0.2, 0) is 0 Å². The fourth-order valence-electron chi connectivity index (χ4n) is 4.93. The standard InChI is InChI=1S/C26H32ClN3O2/c1-29(20-9-3-2-4-10-20)26(32)22-12-6-8-14-24(22)30-17-15-19(16-18-30)28-25(31)21-11-5-7-13-23(21)27/h5-8,11-14,19-20H,2-4,9-10,15-18H2,1H3,(H,28,31). The third-order valence-corrected chi connectivity index (χ3v) is 7.20. The Morgan fingerprint density at radius 2 is 1.53 bits per heavy atom. The van der Waals surface area contributed by atoms with Crippen LogP contribution < -0.4 is 10.2 Å². The lowest BCUT2D eigenvalue weighted by atomic mass is 9.94. The molecule has 0 atom stereocenters. The number of anilines is 1. The first-order valence-electron chi connectivity index (χ1n) is 11.7. The van der Waals surface area contributed by atoms with E-state index in [1.165, 1.54) is 19.3 Å². The number of halogens is 1. The number of para-hydroxylation sites is 1. The van der Waals surface area contributed by atoms with Crippen LogP contribution in [-0.4, -0.2) is 48.9 Å². The second kappa shape index (κ2) is 10.4. The van der Waals surface area contributed by atoms with Gasteiger partial charge in [-0.25, -0.2) is 0 Å². The molecule has 0 aromatic heterocycles. The minimum Gasteiger partial charge on any atom is -0.371 e. The van der Waals surface area contributed by atoms with Gasteiger partial charge in [0.1, 0.15) is 0 Å². The summed E-state index contributed by atoms with van der Waals surface area (Å²) in [5.41, 5.74) is 2.29. The second-order valence-corrected chi connectivity index (χ2v) is 9.35. The molecule has 1 aliphatic heterocycles. The zero-order valence-electron chi connectivity index (χ0n) is 18.7. The third kappa shape index (κ3) is 5.09. The number of hydrogen-bond donors (Lipinski definition) is 1. The Hall–Kier alpha value is -2.53. The molecule has 5 nitrogen and oxygen atoms in total. The van der Waals surface area contributed by atoms with Crippen LogP contribution >= 0.6 is 11.6 Å². The van der Waals surface area contributed by atoms with Crippen molar-refractivity contribution in [3.8, 4) is 0 Å². The number of carbonyl (C=O) groups excluding carboxylic acids is 2. The van der Waals surface area contributed by atoms with E-state index in [1.807, 2.05) is 48.3 Å². The van der Waals surface area contributed by atoms with Gasteiger partial charge in [-0.05, 0) is 49.9 Å². The Labute approximate surface area is 195 Å². The highest BCUT2D eigenvalue weighted by molar-refractivity contribution is 6.33. The van der Waals surface area contributed by atoms with E-state index >= 15 is 0 Å². The SMILES string of the molecule is CN(C(=O)c1ccccc1N1CCC(NC(=O)c2ccccc2Cl)CC1)C1CCCCC1. The number of rotatable bonds is 5. The molecule has 2 aromatic carbocycles. The van der Waals surface area contributed by atoms with Crippen molar-refractivity contribution >= 4 is 29.1 Å². The summed E-state index contributed by atoms with van der Waals surface area (Å²) in [6.45, 7) is 1.59. The fourth-order valence-corrected chi connectivity index (χ4v) is 5.15. The van der Waals surface area contributed by atoms with Gasteiger partial charge in [0.15, 0.2) is 0 Å². The Balaban J connectivity index is 1.39. The first kappa shape index (κ1) is 22.7. The monoisotopic (exact) mass is 453 g/mol. The quantitative estimate of drug-likeness (QED) is 0.681. The summed E-state index contributed by atoms with van der Waals surface area (Å²) in [7, 11) is 1.95. The summed E-state index contributed by atoms with van der Waals surface area (Å²) < 4.78 is 0. The normalized spacial score (nSPS) is 17.8. The Kier molecular flexibility index (Phi) is 7.36. The number of hydrogen-bond acceptors (Lipinski definition) is 3. The van der Waals surface area contributed by atoms with Gasteiger partial charge >= 0.3 is 0 Å². The third-order valence-electron chi connectivity index (χ3n) is 6.87. The van der Waals surface area contributed by atoms with Crippen molar-refractivity contribution in [3.63, 3.8) is 0 Å². The molecule has 0 unspecified atom stereocenters. The van der Waals surface area contributed by atoms with Crippen LogP contribution in [0.25, 0.3) is 0 Å². The molecule has 6 heteroatoms. The van der Waals surface area contributed by atoms with Crippen molar-refractivity contribution < 1.29 is 9.59 Å². The summed E-state index contributed by atoms with van der Waals surface area (Å²) in [5.74, 6) is -0.0135. The van der Waals surface area contributed by atoms with Gasteiger partial charge in [0.2, 0.25) is 0 Å². The predicted molar refractivity (Wildman–Crippen MR) is 130 cm³/mol. The number of amides is 2. The van der Waals surface area contributed by atoms with Crippen molar-refractivity contribution in [1.29, 1.82) is 0 Å². The van der Waals surface area contributed by atoms with Gasteiger partial charge in [-0.2, -0.15) is 0 Å². The lowest BCUT2D eigenvalue weighted by Gasteiger charge is -2.36. The lowest BCUT2D eigenvalue weighted by molar-refractivity contribution is 0.0696. The van der Waals surface area contributed by atoms with E-state index in [2.05, 4.69) is 10.2 Å². The first-order valence-corrected chi connectivity index (χ1v) is 12.1. The maximum Gasteiger partial charge on any atom is 0.255 e. The van der Waals surface area contributed by atoms with Gasteiger partial charge in [0, 0.05) is 37.9 Å². The summed E-state index contributed by atoms with van der Waals surface area (Å²) in [6, 6.07) is 15.5. The molecule has 2 amide bonds. The van der Waals surface area contributed by atoms with E-state index in [1.54, 1.807) is 12.1 Å². The van der Waals surface area contributed by atoms with E-state index < -0.39 is 0 Å². The largest absolute Gasteiger partial charge is 0.371 e. The zero-order valence-corrected chi connectivity index (χ0v) is 19.5. The van der Waals surface area contributed by atoms with Crippen LogP contribution in [0.3, 0.4) is 0 Å². The zero-order chi connectivity index (χ0) is 22.5. The van der Waals surface area contributed by atoms with E-state index in [0.29, 0.717) is 16.6 Å². The molecule has 1 heterocycles. The van der Waals surface area contributed by atoms with Crippen molar-refractivity contribution in [2.75, 3.05) is 25.0 Å². The van der Waals surface area contributed by atoms with Crippen LogP contribution in [0.15, 0.2) is 48.5 Å². The Morgan fingerprint density at radius 1 is 0.906 bits per heavy atom. The smallest absolute Gasteiger partial charge is 0.255 e. The first-order chi connectivity index (χ1) is 15.5. The second-order valence-electron chi connectivity index (χ2n) is 8.94. The summed E-state index contributed by atoms with van der Waals surface area (Å²) in [6.07, 6.45) is 7.54. The maximum absolute atomic E-state index is 13.3. The van der Waals surface area contributed by atoms with Crippen LogP contribution in [0.5, 0.6) is 0 Å². The average Bonchev–Trinajstić information content (AvgIpc) is 2.84. The maximum atomic E-state index is 13.3. The van der Waals surface area contributed by atoms with Crippen molar-refractivity contribution in [2.24, 2.45) is 0 Å². The van der Waals surface area contributed by atoms with Gasteiger partial charge in [0.25, 0.3) is 11.8 Å². The van der Waals surface area contributed by atoms with Crippen molar-refractivity contribution in [2.45, 2.75) is 57.0 Å². The Morgan fingerprint density at radius 3 is 2.22 bits per heavy atom. The van der Waals surface area contributed by atoms with Gasteiger partial charge in [0.05, 0.1) is 16.1 Å². The van der Waals surface area contributed by atoms with E-state index in [-0.39, 0.29) is 17.9 Å². The molecule has 2 fully saturated rings. The van der Waals surface area contributed by atoms with E-state index in [0.717, 1.165) is 50.0 Å². The molecule has 2 aromatic rings. The molecular weight excluding hydrogens is 422 g/mol. The molecule has 1 saturated heterocycles. The molecule has 1 saturated carbocycles. The fraction of sp³-hybridized carbons (Fsp3) is 0.462. The molecule has 0 radical (unpaired) electrons. The molecule has 1 aliphatic carbocycles. The lowest BCUT2D eigenvalue weighted by Crippen LogP contribution is -2.45. The minimum atomic E-state index is -0.126. The predicted octanol–water partition coefficient (Wildman–Crippen LogP) is 5.14. The van der Waals surface area contributed by atoms with Crippen LogP contribution in [0.1, 0.15) is 65.7 Å². The molecule has 0 bridgehead atoms. The van der Waals surface area contributed by atoms with Crippen molar-refractivity contribution in [3.05, 3.63) is 64.7 Å². The van der Waals surface area contributed by atoms with Gasteiger partial charge in [-0.3, -0.25) is 9.59 Å². The highest BCUT2D eigenvalue weighted by Crippen LogP contribution is 2.28. The van der Waals surface area contributed by atoms with Crippen LogP contribution in [0.4, 0.5) is 5.69 Å². The molecule has 32 heavy (non-hydrogen) atoms. The van der Waals surface area contributed by atoms with E-state index in [9.17, 15) is 9.59 Å². The summed E-state index contributed by atoms with van der Waals surface area (Å²) in [5, 5.41) is 3.59. The van der Waals surface area contributed by atoms with Crippen LogP contribution in [0.2, 0.25) is 5.02 Å². The molecular formula is C26H32ClN3O2. The van der Waals surface area contributed by atoms with E-state index in [4.69, 9.17) is 11.6 Å². The number of carbonyl (C=O) groups is 2. The van der Waals surface area contributed by atoms with Crippen LogP contribution in [0, 0.1) is 0 Å². The number of piperidine rings is 1. The number of nitrogens with zero attached hydrogens (tertiary/aromatic N) is 2. The summed E-state index contributed by atoms with van der Waals surface area (Å²) >= 11 is 6.16. The molecule has 1 N–H and O–H groups in total. The molecule has 4 rings (SSSR count). The number of benzene rings is 2. The Bertz CT molecular complexity index is 950. The average molecular weight is 454 g/mol.